The molecular formula is C18H25N3O2. The molecule has 5 heteroatoms. The van der Waals surface area contributed by atoms with Gasteiger partial charge in [-0.3, -0.25) is 4.90 Å². The zero-order chi connectivity index (χ0) is 15.8. The van der Waals surface area contributed by atoms with Gasteiger partial charge in [-0.2, -0.15) is 5.10 Å². The van der Waals surface area contributed by atoms with E-state index in [1.54, 1.807) is 7.11 Å². The van der Waals surface area contributed by atoms with Gasteiger partial charge >= 0.3 is 0 Å². The Kier molecular flexibility index (Phi) is 3.89. The summed E-state index contributed by atoms with van der Waals surface area (Å²) in [7, 11) is 1.70. The fourth-order valence-corrected chi connectivity index (χ4v) is 4.19. The molecule has 0 aliphatic carbocycles. The zero-order valence-corrected chi connectivity index (χ0v) is 13.9. The summed E-state index contributed by atoms with van der Waals surface area (Å²) in [4.78, 5) is 2.58. The summed E-state index contributed by atoms with van der Waals surface area (Å²) in [5.41, 5.74) is 5.90. The van der Waals surface area contributed by atoms with Gasteiger partial charge in [-0.15, -0.1) is 0 Å². The minimum absolute atomic E-state index is 0.162. The van der Waals surface area contributed by atoms with Crippen LogP contribution in [0.15, 0.2) is 23.3 Å². The van der Waals surface area contributed by atoms with Crippen LogP contribution >= 0.6 is 0 Å². The fraction of sp³-hybridized carbons (Fsp3) is 0.611. The van der Waals surface area contributed by atoms with Crippen LogP contribution in [0.25, 0.3) is 0 Å². The van der Waals surface area contributed by atoms with E-state index in [1.165, 1.54) is 31.6 Å². The smallest absolute Gasteiger partial charge is 0.166 e. The van der Waals surface area contributed by atoms with Crippen LogP contribution in [-0.4, -0.2) is 43.5 Å². The van der Waals surface area contributed by atoms with Gasteiger partial charge in [0.2, 0.25) is 0 Å². The van der Waals surface area contributed by atoms with Gasteiger partial charge < -0.3 is 14.9 Å². The number of methoxy groups -OCH3 is 1. The highest BCUT2D eigenvalue weighted by Gasteiger charge is 2.47. The lowest BCUT2D eigenvalue weighted by Gasteiger charge is -2.45. The van der Waals surface area contributed by atoms with E-state index in [-0.39, 0.29) is 6.04 Å². The third-order valence-corrected chi connectivity index (χ3v) is 5.31. The lowest BCUT2D eigenvalue weighted by atomic mass is 9.78. The van der Waals surface area contributed by atoms with Crippen molar-refractivity contribution in [1.29, 1.82) is 0 Å². The van der Waals surface area contributed by atoms with E-state index >= 15 is 0 Å². The van der Waals surface area contributed by atoms with Gasteiger partial charge in [0.15, 0.2) is 11.5 Å². The molecule has 2 atom stereocenters. The number of nitrogens with one attached hydrogen (secondary N) is 1. The number of ether oxygens (including phenoxy) is 2. The molecule has 4 aliphatic rings. The number of rotatable bonds is 5. The molecule has 0 spiro atoms. The maximum absolute atomic E-state index is 6.05. The van der Waals surface area contributed by atoms with Crippen molar-refractivity contribution in [2.24, 2.45) is 11.0 Å². The first-order valence-corrected chi connectivity index (χ1v) is 8.70. The second kappa shape index (κ2) is 6.04. The van der Waals surface area contributed by atoms with Crippen molar-refractivity contribution in [2.75, 3.05) is 26.8 Å². The summed E-state index contributed by atoms with van der Waals surface area (Å²) >= 11 is 0. The van der Waals surface area contributed by atoms with Crippen LogP contribution in [0.5, 0.6) is 11.5 Å². The quantitative estimate of drug-likeness (QED) is 0.907. The first kappa shape index (κ1) is 14.8. The van der Waals surface area contributed by atoms with Crippen LogP contribution in [0.2, 0.25) is 0 Å². The highest BCUT2D eigenvalue weighted by molar-refractivity contribution is 5.95. The molecular weight excluding hydrogens is 290 g/mol. The zero-order valence-electron chi connectivity index (χ0n) is 13.9. The first-order valence-electron chi connectivity index (χ1n) is 8.70. The van der Waals surface area contributed by atoms with Crippen molar-refractivity contribution in [3.63, 3.8) is 0 Å². The van der Waals surface area contributed by atoms with Crippen molar-refractivity contribution in [3.05, 3.63) is 23.8 Å². The average molecular weight is 315 g/mol. The lowest BCUT2D eigenvalue weighted by molar-refractivity contribution is 0.132. The summed E-state index contributed by atoms with van der Waals surface area (Å²) in [5.74, 6) is 2.34. The SMILES string of the molecule is CCCOc1c(OC)cccc1C1NN=C2C3CCN(CC3)C21. The van der Waals surface area contributed by atoms with Crippen LogP contribution in [0, 0.1) is 5.92 Å². The van der Waals surface area contributed by atoms with E-state index in [0.717, 1.165) is 23.5 Å². The molecule has 124 valence electrons. The number of benzene rings is 1. The third-order valence-electron chi connectivity index (χ3n) is 5.31. The van der Waals surface area contributed by atoms with Crippen LogP contribution in [0.4, 0.5) is 0 Å². The maximum Gasteiger partial charge on any atom is 0.166 e. The molecule has 5 nitrogen and oxygen atoms in total. The predicted octanol–water partition coefficient (Wildman–Crippen LogP) is 2.58. The van der Waals surface area contributed by atoms with Gasteiger partial charge in [0.05, 0.1) is 31.5 Å². The number of piperidine rings is 3. The summed E-state index contributed by atoms with van der Waals surface area (Å²) in [6.07, 6.45) is 3.48. The average Bonchev–Trinajstić information content (AvgIpc) is 3.07. The van der Waals surface area contributed by atoms with Gasteiger partial charge in [0.25, 0.3) is 0 Å². The maximum atomic E-state index is 6.05. The highest BCUT2D eigenvalue weighted by atomic mass is 16.5. The van der Waals surface area contributed by atoms with Crippen molar-refractivity contribution in [3.8, 4) is 11.5 Å². The Bertz CT molecular complexity index is 608. The van der Waals surface area contributed by atoms with E-state index in [2.05, 4.69) is 23.3 Å². The molecule has 0 radical (unpaired) electrons. The summed E-state index contributed by atoms with van der Waals surface area (Å²) in [6, 6.07) is 6.70. The van der Waals surface area contributed by atoms with Crippen molar-refractivity contribution < 1.29 is 9.47 Å². The topological polar surface area (TPSA) is 46.1 Å². The van der Waals surface area contributed by atoms with E-state index in [1.807, 2.05) is 12.1 Å². The normalized spacial score (nSPS) is 31.3. The Labute approximate surface area is 137 Å². The summed E-state index contributed by atoms with van der Waals surface area (Å²) < 4.78 is 11.6. The molecule has 3 fully saturated rings. The second-order valence-electron chi connectivity index (χ2n) is 6.63. The monoisotopic (exact) mass is 315 g/mol. The predicted molar refractivity (Wildman–Crippen MR) is 90.2 cm³/mol. The molecule has 1 aromatic rings. The first-order chi connectivity index (χ1) is 11.3. The van der Waals surface area contributed by atoms with Gasteiger partial charge in [0, 0.05) is 11.5 Å². The molecule has 0 saturated carbocycles. The molecule has 4 heterocycles. The Morgan fingerprint density at radius 1 is 1.30 bits per heavy atom. The standard InChI is InChI=1S/C18H25N3O2/c1-3-11-23-18-13(5-4-6-14(18)22-2)16-17-15(19-20-16)12-7-9-21(17)10-8-12/h4-6,12,16-17,20H,3,7-11H2,1-2H3. The molecule has 23 heavy (non-hydrogen) atoms. The van der Waals surface area contributed by atoms with Gasteiger partial charge in [-0.25, -0.2) is 0 Å². The molecule has 0 aromatic heterocycles. The molecule has 1 N–H and O–H groups in total. The number of fused-ring (bicyclic) bond motifs is 2. The summed E-state index contributed by atoms with van der Waals surface area (Å²) in [5, 5.41) is 4.70. The molecule has 0 amide bonds. The Hall–Kier alpha value is -1.75. The lowest BCUT2D eigenvalue weighted by Crippen LogP contribution is -2.56. The van der Waals surface area contributed by atoms with E-state index in [4.69, 9.17) is 14.6 Å². The van der Waals surface area contributed by atoms with Crippen LogP contribution < -0.4 is 14.9 Å². The van der Waals surface area contributed by atoms with Crippen LogP contribution in [-0.2, 0) is 0 Å². The van der Waals surface area contributed by atoms with Crippen molar-refractivity contribution in [1.82, 2.24) is 10.3 Å². The highest BCUT2D eigenvalue weighted by Crippen LogP contribution is 2.43. The van der Waals surface area contributed by atoms with Gasteiger partial charge in [-0.05, 0) is 38.4 Å². The van der Waals surface area contributed by atoms with Crippen molar-refractivity contribution >= 4 is 5.71 Å². The Morgan fingerprint density at radius 3 is 2.87 bits per heavy atom. The molecule has 2 unspecified atom stereocenters. The van der Waals surface area contributed by atoms with Crippen molar-refractivity contribution in [2.45, 2.75) is 38.3 Å². The number of nitrogens with zero attached hydrogens (tertiary/aromatic N) is 2. The molecule has 5 rings (SSSR count). The van der Waals surface area contributed by atoms with E-state index in [9.17, 15) is 0 Å². The molecule has 1 aromatic carbocycles. The Balaban J connectivity index is 1.68. The fourth-order valence-electron chi connectivity index (χ4n) is 4.19. The molecule has 2 bridgehead atoms. The summed E-state index contributed by atoms with van der Waals surface area (Å²) in [6.45, 7) is 5.18. The second-order valence-corrected chi connectivity index (χ2v) is 6.63. The number of hydrogen-bond donors (Lipinski definition) is 1. The largest absolute Gasteiger partial charge is 0.493 e. The van der Waals surface area contributed by atoms with Crippen LogP contribution in [0.3, 0.4) is 0 Å². The van der Waals surface area contributed by atoms with E-state index < -0.39 is 0 Å². The Morgan fingerprint density at radius 2 is 2.13 bits per heavy atom. The number of para-hydroxylation sites is 1. The van der Waals surface area contributed by atoms with Crippen LogP contribution in [0.1, 0.15) is 37.8 Å². The number of hydrogen-bond acceptors (Lipinski definition) is 5. The third kappa shape index (κ3) is 2.38. The minimum Gasteiger partial charge on any atom is -0.493 e. The van der Waals surface area contributed by atoms with E-state index in [0.29, 0.717) is 18.6 Å². The van der Waals surface area contributed by atoms with Gasteiger partial charge in [-0.1, -0.05) is 19.1 Å². The number of hydrazone groups is 1. The molecule has 4 aliphatic heterocycles. The molecule has 3 saturated heterocycles. The minimum atomic E-state index is 0.162. The van der Waals surface area contributed by atoms with Gasteiger partial charge in [0.1, 0.15) is 0 Å².